The number of nitrogens with one attached hydrogen (secondary N) is 2. The van der Waals surface area contributed by atoms with Crippen molar-refractivity contribution < 1.29 is 17.5 Å². The van der Waals surface area contributed by atoms with Crippen molar-refractivity contribution in [3.8, 4) is 0 Å². The van der Waals surface area contributed by atoms with Gasteiger partial charge in [-0.1, -0.05) is 11.6 Å². The summed E-state index contributed by atoms with van der Waals surface area (Å²) in [6.07, 6.45) is 1.76. The molecule has 1 atom stereocenters. The zero-order valence-electron chi connectivity index (χ0n) is 12.1. The van der Waals surface area contributed by atoms with Gasteiger partial charge in [-0.3, -0.25) is 0 Å². The van der Waals surface area contributed by atoms with Crippen LogP contribution >= 0.6 is 24.0 Å². The molecule has 1 aliphatic rings. The van der Waals surface area contributed by atoms with Crippen molar-refractivity contribution in [1.82, 2.24) is 10.0 Å². The normalized spacial score (nSPS) is 21.6. The number of halogens is 3. The molecule has 0 aromatic heterocycles. The standard InChI is InChI=1S/C13H18ClFN2O3S.ClH/c1-20-9-13(5-2-6-16-13)8-17-21(18,19)12-7-10(15)3-4-11(12)14;/h3-4,7,16-17H,2,5-6,8-9H2,1H3;1H. The highest BCUT2D eigenvalue weighted by Gasteiger charge is 2.35. The molecule has 0 saturated carbocycles. The lowest BCUT2D eigenvalue weighted by Crippen LogP contribution is -2.52. The second-order valence-electron chi connectivity index (χ2n) is 5.14. The van der Waals surface area contributed by atoms with Crippen molar-refractivity contribution in [3.05, 3.63) is 29.0 Å². The van der Waals surface area contributed by atoms with Gasteiger partial charge in [-0.05, 0) is 37.6 Å². The number of hydrogen-bond acceptors (Lipinski definition) is 4. The van der Waals surface area contributed by atoms with Crippen molar-refractivity contribution in [3.63, 3.8) is 0 Å². The van der Waals surface area contributed by atoms with Crippen LogP contribution in [0.25, 0.3) is 0 Å². The van der Waals surface area contributed by atoms with E-state index in [1.165, 1.54) is 6.07 Å². The first-order valence-electron chi connectivity index (χ1n) is 6.57. The molecule has 0 bridgehead atoms. The first-order chi connectivity index (χ1) is 9.88. The van der Waals surface area contributed by atoms with Crippen LogP contribution in [-0.4, -0.2) is 40.8 Å². The largest absolute Gasteiger partial charge is 0.383 e. The number of rotatable bonds is 6. The molecule has 1 heterocycles. The van der Waals surface area contributed by atoms with Gasteiger partial charge < -0.3 is 10.1 Å². The van der Waals surface area contributed by atoms with E-state index in [2.05, 4.69) is 10.0 Å². The summed E-state index contributed by atoms with van der Waals surface area (Å²) < 4.78 is 45.4. The average molecular weight is 373 g/mol. The van der Waals surface area contributed by atoms with E-state index in [9.17, 15) is 12.8 Å². The van der Waals surface area contributed by atoms with Crippen LogP contribution in [0.15, 0.2) is 23.1 Å². The van der Waals surface area contributed by atoms with Gasteiger partial charge >= 0.3 is 0 Å². The number of hydrogen-bond donors (Lipinski definition) is 2. The summed E-state index contributed by atoms with van der Waals surface area (Å²) in [6, 6.07) is 3.26. The highest BCUT2D eigenvalue weighted by Crippen LogP contribution is 2.24. The molecule has 0 amide bonds. The van der Waals surface area contributed by atoms with Crippen LogP contribution in [0.2, 0.25) is 5.02 Å². The van der Waals surface area contributed by atoms with Gasteiger partial charge in [-0.2, -0.15) is 0 Å². The Morgan fingerprint density at radius 3 is 2.82 bits per heavy atom. The first kappa shape index (κ1) is 19.6. The van der Waals surface area contributed by atoms with Crippen LogP contribution in [0, 0.1) is 5.82 Å². The minimum absolute atomic E-state index is 0. The summed E-state index contributed by atoms with van der Waals surface area (Å²) in [5.74, 6) is -0.648. The number of sulfonamides is 1. The highest BCUT2D eigenvalue weighted by molar-refractivity contribution is 7.89. The van der Waals surface area contributed by atoms with Crippen LogP contribution in [0.1, 0.15) is 12.8 Å². The van der Waals surface area contributed by atoms with Gasteiger partial charge in [0.25, 0.3) is 0 Å². The van der Waals surface area contributed by atoms with Crippen molar-refractivity contribution in [2.45, 2.75) is 23.3 Å². The van der Waals surface area contributed by atoms with Crippen LogP contribution < -0.4 is 10.0 Å². The zero-order chi connectivity index (χ0) is 15.5. The topological polar surface area (TPSA) is 67.4 Å². The van der Waals surface area contributed by atoms with Gasteiger partial charge in [0.05, 0.1) is 17.2 Å². The Bertz CT molecular complexity index is 607. The van der Waals surface area contributed by atoms with Gasteiger partial charge in [0.15, 0.2) is 0 Å². The molecule has 2 rings (SSSR count). The number of ether oxygens (including phenoxy) is 1. The summed E-state index contributed by atoms with van der Waals surface area (Å²) in [5, 5.41) is 3.25. The summed E-state index contributed by atoms with van der Waals surface area (Å²) in [4.78, 5) is -0.255. The SMILES string of the molecule is COCC1(CNS(=O)(=O)c2cc(F)ccc2Cl)CCCN1.Cl. The molecule has 1 saturated heterocycles. The molecule has 22 heavy (non-hydrogen) atoms. The third kappa shape index (κ3) is 4.53. The fraction of sp³-hybridized carbons (Fsp3) is 0.538. The van der Waals surface area contributed by atoms with E-state index < -0.39 is 21.4 Å². The summed E-state index contributed by atoms with van der Waals surface area (Å²) in [5.41, 5.74) is -0.429. The fourth-order valence-corrected chi connectivity index (χ4v) is 4.10. The second-order valence-corrected chi connectivity index (χ2v) is 7.29. The highest BCUT2D eigenvalue weighted by atomic mass is 35.5. The lowest BCUT2D eigenvalue weighted by atomic mass is 9.99. The molecule has 1 aliphatic heterocycles. The Kier molecular flexibility index (Phi) is 7.04. The lowest BCUT2D eigenvalue weighted by molar-refractivity contribution is 0.122. The van der Waals surface area contributed by atoms with Gasteiger partial charge in [-0.15, -0.1) is 12.4 Å². The summed E-state index contributed by atoms with van der Waals surface area (Å²) >= 11 is 5.85. The predicted molar refractivity (Wildman–Crippen MR) is 85.7 cm³/mol. The molecular weight excluding hydrogens is 354 g/mol. The molecule has 5 nitrogen and oxygen atoms in total. The van der Waals surface area contributed by atoms with Gasteiger partial charge in [0, 0.05) is 13.7 Å². The monoisotopic (exact) mass is 372 g/mol. The van der Waals surface area contributed by atoms with E-state index in [1.54, 1.807) is 7.11 Å². The molecule has 1 aromatic carbocycles. The van der Waals surface area contributed by atoms with E-state index in [1.807, 2.05) is 0 Å². The Morgan fingerprint density at radius 2 is 2.23 bits per heavy atom. The molecule has 0 spiro atoms. The van der Waals surface area contributed by atoms with Crippen LogP contribution in [0.4, 0.5) is 4.39 Å². The molecule has 0 aliphatic carbocycles. The van der Waals surface area contributed by atoms with Crippen molar-refractivity contribution in [2.75, 3.05) is 26.8 Å². The van der Waals surface area contributed by atoms with Crippen molar-refractivity contribution >= 4 is 34.0 Å². The molecule has 9 heteroatoms. The maximum absolute atomic E-state index is 13.2. The van der Waals surface area contributed by atoms with Gasteiger partial charge in [-0.25, -0.2) is 17.5 Å². The molecule has 126 valence electrons. The van der Waals surface area contributed by atoms with Crippen LogP contribution in [0.3, 0.4) is 0 Å². The molecular formula is C13H19Cl2FN2O3S. The Hall–Kier alpha value is -0.440. The molecule has 1 aromatic rings. The summed E-state index contributed by atoms with van der Waals surface area (Å²) in [7, 11) is -2.31. The van der Waals surface area contributed by atoms with Gasteiger partial charge in [0.2, 0.25) is 10.0 Å². The first-order valence-corrected chi connectivity index (χ1v) is 8.43. The maximum Gasteiger partial charge on any atom is 0.242 e. The Morgan fingerprint density at radius 1 is 1.50 bits per heavy atom. The van der Waals surface area contributed by atoms with Crippen LogP contribution in [0.5, 0.6) is 0 Å². The van der Waals surface area contributed by atoms with E-state index in [-0.39, 0.29) is 28.9 Å². The van der Waals surface area contributed by atoms with Crippen molar-refractivity contribution in [2.24, 2.45) is 0 Å². The van der Waals surface area contributed by atoms with E-state index in [0.29, 0.717) is 6.61 Å². The molecule has 1 fully saturated rings. The number of benzene rings is 1. The smallest absolute Gasteiger partial charge is 0.242 e. The lowest BCUT2D eigenvalue weighted by Gasteiger charge is -2.28. The predicted octanol–water partition coefficient (Wildman–Crippen LogP) is 1.95. The van der Waals surface area contributed by atoms with E-state index >= 15 is 0 Å². The summed E-state index contributed by atoms with van der Waals surface area (Å²) in [6.45, 7) is 1.37. The Balaban J connectivity index is 0.00000242. The Labute approximate surface area is 141 Å². The second kappa shape index (κ2) is 7.90. The van der Waals surface area contributed by atoms with Gasteiger partial charge in [0.1, 0.15) is 10.7 Å². The van der Waals surface area contributed by atoms with Crippen molar-refractivity contribution in [1.29, 1.82) is 0 Å². The zero-order valence-corrected chi connectivity index (χ0v) is 14.5. The molecule has 2 N–H and O–H groups in total. The number of methoxy groups -OCH3 is 1. The minimum atomic E-state index is -3.87. The third-order valence-electron chi connectivity index (χ3n) is 3.54. The van der Waals surface area contributed by atoms with Crippen LogP contribution in [-0.2, 0) is 14.8 Å². The van der Waals surface area contributed by atoms with E-state index in [4.69, 9.17) is 16.3 Å². The maximum atomic E-state index is 13.2. The average Bonchev–Trinajstić information content (AvgIpc) is 2.89. The molecule has 1 unspecified atom stereocenters. The third-order valence-corrected chi connectivity index (χ3v) is 5.42. The minimum Gasteiger partial charge on any atom is -0.383 e. The van der Waals surface area contributed by atoms with E-state index in [0.717, 1.165) is 31.5 Å². The molecule has 0 radical (unpaired) electrons. The fourth-order valence-electron chi connectivity index (χ4n) is 2.46. The quantitative estimate of drug-likeness (QED) is 0.800.